The summed E-state index contributed by atoms with van der Waals surface area (Å²) in [5.41, 5.74) is 1.14. The van der Waals surface area contributed by atoms with Crippen LogP contribution in [0.15, 0.2) is 24.3 Å². The van der Waals surface area contributed by atoms with E-state index in [1.54, 1.807) is 0 Å². The molecule has 1 heterocycles. The van der Waals surface area contributed by atoms with Crippen molar-refractivity contribution in [2.75, 3.05) is 0 Å². The molecule has 1 aromatic heterocycles. The van der Waals surface area contributed by atoms with Crippen LogP contribution in [0.25, 0.3) is 10.2 Å². The average Bonchev–Trinajstić information content (AvgIpc) is 2.68. The molecule has 0 bridgehead atoms. The molecule has 1 fully saturated rings. The van der Waals surface area contributed by atoms with Gasteiger partial charge < -0.3 is 0 Å². The van der Waals surface area contributed by atoms with E-state index in [2.05, 4.69) is 24.3 Å². The van der Waals surface area contributed by atoms with Gasteiger partial charge in [0.25, 0.3) is 0 Å². The van der Waals surface area contributed by atoms with Gasteiger partial charge in [-0.15, -0.1) is 22.9 Å². The molecule has 96 valence electrons. The van der Waals surface area contributed by atoms with Crippen molar-refractivity contribution in [3.05, 3.63) is 29.3 Å². The van der Waals surface area contributed by atoms with E-state index in [0.29, 0.717) is 11.3 Å². The first-order valence-electron chi connectivity index (χ1n) is 6.81. The Morgan fingerprint density at radius 1 is 1.17 bits per heavy atom. The predicted octanol–water partition coefficient (Wildman–Crippen LogP) is 5.03. The molecule has 1 aromatic carbocycles. The molecule has 1 saturated carbocycles. The van der Waals surface area contributed by atoms with Gasteiger partial charge in [0.15, 0.2) is 0 Å². The minimum Gasteiger partial charge on any atom is -0.241 e. The molecular weight excluding hydrogens is 262 g/mol. The summed E-state index contributed by atoms with van der Waals surface area (Å²) < 4.78 is 1.30. The lowest BCUT2D eigenvalue weighted by Crippen LogP contribution is -2.15. The van der Waals surface area contributed by atoms with Gasteiger partial charge in [0.05, 0.1) is 15.2 Å². The Kier molecular flexibility index (Phi) is 3.86. The lowest BCUT2D eigenvalue weighted by atomic mass is 9.96. The van der Waals surface area contributed by atoms with Crippen LogP contribution < -0.4 is 0 Å². The van der Waals surface area contributed by atoms with Crippen LogP contribution in [0.1, 0.15) is 37.1 Å². The standard InChI is InChI=1S/C15H18ClNS/c16-12-7-3-1-2-6-11(12)10-15-17-13-8-4-5-9-14(13)18-15/h4-5,8-9,11-12H,1-3,6-7,10H2. The van der Waals surface area contributed by atoms with Crippen molar-refractivity contribution in [2.45, 2.75) is 43.9 Å². The fourth-order valence-corrected chi connectivity index (χ4v) is 4.23. The van der Waals surface area contributed by atoms with Gasteiger partial charge in [-0.25, -0.2) is 4.98 Å². The van der Waals surface area contributed by atoms with E-state index in [1.165, 1.54) is 41.8 Å². The zero-order valence-electron chi connectivity index (χ0n) is 10.4. The number of hydrogen-bond acceptors (Lipinski definition) is 2. The number of alkyl halides is 1. The van der Waals surface area contributed by atoms with Gasteiger partial charge in [0.1, 0.15) is 0 Å². The minimum atomic E-state index is 0.347. The quantitative estimate of drug-likeness (QED) is 0.555. The van der Waals surface area contributed by atoms with E-state index in [9.17, 15) is 0 Å². The zero-order chi connectivity index (χ0) is 12.4. The number of para-hydroxylation sites is 1. The molecule has 1 aliphatic carbocycles. The first-order chi connectivity index (χ1) is 8.83. The molecule has 3 heteroatoms. The van der Waals surface area contributed by atoms with Crippen molar-refractivity contribution in [3.63, 3.8) is 0 Å². The maximum Gasteiger partial charge on any atom is 0.0941 e. The number of hydrogen-bond donors (Lipinski definition) is 0. The van der Waals surface area contributed by atoms with Crippen LogP contribution in [0.3, 0.4) is 0 Å². The number of benzene rings is 1. The second-order valence-electron chi connectivity index (χ2n) is 5.19. The first-order valence-corrected chi connectivity index (χ1v) is 8.07. The van der Waals surface area contributed by atoms with Crippen LogP contribution in [-0.4, -0.2) is 10.4 Å². The first kappa shape index (κ1) is 12.4. The van der Waals surface area contributed by atoms with Crippen molar-refractivity contribution in [2.24, 2.45) is 5.92 Å². The molecule has 0 aliphatic heterocycles. The average molecular weight is 280 g/mol. The summed E-state index contributed by atoms with van der Waals surface area (Å²) in [5, 5.41) is 1.60. The van der Waals surface area contributed by atoms with Crippen molar-refractivity contribution >= 4 is 33.2 Å². The van der Waals surface area contributed by atoms with E-state index in [-0.39, 0.29) is 0 Å². The van der Waals surface area contributed by atoms with Crippen molar-refractivity contribution < 1.29 is 0 Å². The molecule has 2 aromatic rings. The molecule has 18 heavy (non-hydrogen) atoms. The van der Waals surface area contributed by atoms with Crippen LogP contribution in [0.4, 0.5) is 0 Å². The summed E-state index contributed by atoms with van der Waals surface area (Å²) in [6, 6.07) is 8.39. The molecule has 0 saturated heterocycles. The van der Waals surface area contributed by atoms with Gasteiger partial charge in [0.2, 0.25) is 0 Å². The summed E-state index contributed by atoms with van der Waals surface area (Å²) >= 11 is 8.34. The molecule has 2 unspecified atom stereocenters. The summed E-state index contributed by atoms with van der Waals surface area (Å²) in [5.74, 6) is 0.620. The van der Waals surface area contributed by atoms with Crippen LogP contribution >= 0.6 is 22.9 Å². The molecule has 0 amide bonds. The van der Waals surface area contributed by atoms with E-state index < -0.39 is 0 Å². The van der Waals surface area contributed by atoms with Crippen molar-refractivity contribution in [1.29, 1.82) is 0 Å². The zero-order valence-corrected chi connectivity index (χ0v) is 12.0. The summed E-state index contributed by atoms with van der Waals surface area (Å²) in [4.78, 5) is 4.73. The number of fused-ring (bicyclic) bond motifs is 1. The minimum absolute atomic E-state index is 0.347. The van der Waals surface area contributed by atoms with Gasteiger partial charge in [0, 0.05) is 11.8 Å². The van der Waals surface area contributed by atoms with Crippen LogP contribution in [0.2, 0.25) is 0 Å². The molecular formula is C15H18ClNS. The van der Waals surface area contributed by atoms with Crippen molar-refractivity contribution in [1.82, 2.24) is 4.98 Å². The second-order valence-corrected chi connectivity index (χ2v) is 6.87. The third kappa shape index (κ3) is 2.70. The SMILES string of the molecule is ClC1CCCCCC1Cc1nc2ccccc2s1. The molecule has 1 nitrogen and oxygen atoms in total. The molecule has 0 spiro atoms. The number of aromatic nitrogens is 1. The fourth-order valence-electron chi connectivity index (χ4n) is 2.80. The Bertz CT molecular complexity index is 489. The van der Waals surface area contributed by atoms with E-state index in [0.717, 1.165) is 11.9 Å². The van der Waals surface area contributed by atoms with Crippen LogP contribution in [0, 0.1) is 5.92 Å². The summed E-state index contributed by atoms with van der Waals surface area (Å²) in [6.45, 7) is 0. The highest BCUT2D eigenvalue weighted by Crippen LogP contribution is 2.32. The Morgan fingerprint density at radius 3 is 2.89 bits per heavy atom. The van der Waals surface area contributed by atoms with Crippen molar-refractivity contribution in [3.8, 4) is 0 Å². The lowest BCUT2D eigenvalue weighted by Gasteiger charge is -2.17. The summed E-state index contributed by atoms with van der Waals surface area (Å²) in [7, 11) is 0. The van der Waals surface area contributed by atoms with E-state index >= 15 is 0 Å². The van der Waals surface area contributed by atoms with E-state index in [4.69, 9.17) is 16.6 Å². The van der Waals surface area contributed by atoms with Gasteiger partial charge in [-0.3, -0.25) is 0 Å². The fraction of sp³-hybridized carbons (Fsp3) is 0.533. The number of rotatable bonds is 2. The Hall–Kier alpha value is -0.600. The number of nitrogens with zero attached hydrogens (tertiary/aromatic N) is 1. The molecule has 1 aliphatic rings. The highest BCUT2D eigenvalue weighted by molar-refractivity contribution is 7.18. The maximum absolute atomic E-state index is 6.51. The molecule has 2 atom stereocenters. The molecule has 3 rings (SSSR count). The Balaban J connectivity index is 1.78. The van der Waals surface area contributed by atoms with Gasteiger partial charge in [-0.05, 0) is 30.9 Å². The molecule has 0 N–H and O–H groups in total. The largest absolute Gasteiger partial charge is 0.241 e. The van der Waals surface area contributed by atoms with Gasteiger partial charge in [-0.2, -0.15) is 0 Å². The predicted molar refractivity (Wildman–Crippen MR) is 79.5 cm³/mol. The Labute approximate surface area is 117 Å². The third-order valence-corrected chi connectivity index (χ3v) is 5.47. The second kappa shape index (κ2) is 5.58. The van der Waals surface area contributed by atoms with Crippen LogP contribution in [0.5, 0.6) is 0 Å². The third-order valence-electron chi connectivity index (χ3n) is 3.84. The molecule has 0 radical (unpaired) electrons. The topological polar surface area (TPSA) is 12.9 Å². The monoisotopic (exact) mass is 279 g/mol. The van der Waals surface area contributed by atoms with Gasteiger partial charge in [-0.1, -0.05) is 31.4 Å². The smallest absolute Gasteiger partial charge is 0.0941 e. The highest BCUT2D eigenvalue weighted by atomic mass is 35.5. The Morgan fingerprint density at radius 2 is 2.00 bits per heavy atom. The normalized spacial score (nSPS) is 25.2. The maximum atomic E-state index is 6.51. The number of thiazole rings is 1. The van der Waals surface area contributed by atoms with E-state index in [1.807, 2.05) is 11.3 Å². The number of halogens is 1. The summed E-state index contributed by atoms with van der Waals surface area (Å²) in [6.07, 6.45) is 7.48. The van der Waals surface area contributed by atoms with Gasteiger partial charge >= 0.3 is 0 Å². The van der Waals surface area contributed by atoms with Crippen LogP contribution in [-0.2, 0) is 6.42 Å². The lowest BCUT2D eigenvalue weighted by molar-refractivity contribution is 0.464. The highest BCUT2D eigenvalue weighted by Gasteiger charge is 2.23.